The number of hydrogen-bond acceptors (Lipinski definition) is 9. The molecule has 9 heteroatoms. The van der Waals surface area contributed by atoms with Crippen molar-refractivity contribution in [3.05, 3.63) is 397 Å². The fourth-order valence-electron chi connectivity index (χ4n) is 22.7. The molecule has 0 saturated carbocycles. The third kappa shape index (κ3) is 12.1. The Labute approximate surface area is 783 Å². The molecule has 18 aromatic carbocycles. The summed E-state index contributed by atoms with van der Waals surface area (Å²) >= 11 is 0. The standard InChI is InChI=1S/3C42H32N2O/c1-41(2)34-20-12-10-17-27(34)30-22-31-32-23-33(26-16-8-9-18-28(26)39(32)45-37(31)24-35(30)42(41,3)4)40-43-36-21-13-11-19-29(36)38(44-40)25-14-6-5-7-15-25;1-41(2)32-20-12-10-18-29(32)35-36-31-24-26(40-43-33-21-13-11-19-30(33)38(44-40)25-14-6-5-7-15-25)22-23-34(31)45-39(36)28-17-9-8-16-27(28)37(35)42(41,3)4;1-41(2)32-24-27(39-38(26-13-6-5-7-14-26)43-33-16-10-11-17-34(33)44-39)18-20-29(32)30-21-22-31-36-28-15-9-8-12-25(28)19-23-35(36)45-40(31)37(30)42(41,3)4/h3*5-24H,1-4H3. The van der Waals surface area contributed by atoms with E-state index in [0.717, 1.165) is 155 Å². The third-order valence-corrected chi connectivity index (χ3v) is 31.8. The number of nitrogens with zero attached hydrogens (tertiary/aromatic N) is 6. The number of benzene rings is 18. The topological polar surface area (TPSA) is 117 Å². The lowest BCUT2D eigenvalue weighted by molar-refractivity contribution is 0.299. The Balaban J connectivity index is 0.000000108. The molecular weight excluding hydrogens is 1650 g/mol. The first-order valence-electron chi connectivity index (χ1n) is 47.0. The van der Waals surface area contributed by atoms with Crippen molar-refractivity contribution in [2.24, 2.45) is 0 Å². The molecule has 24 aromatic rings. The fraction of sp³-hybridized carbons (Fsp3) is 0.143. The van der Waals surface area contributed by atoms with Crippen LogP contribution in [0.3, 0.4) is 0 Å². The zero-order chi connectivity index (χ0) is 91.5. The molecule has 0 spiro atoms. The number of fused-ring (bicyclic) bond motifs is 30. The number of aromatic nitrogens is 6. The van der Waals surface area contributed by atoms with Crippen LogP contribution in [-0.2, 0) is 32.5 Å². The predicted octanol–water partition coefficient (Wildman–Crippen LogP) is 33.8. The van der Waals surface area contributed by atoms with Crippen LogP contribution in [-0.4, -0.2) is 29.9 Å². The van der Waals surface area contributed by atoms with E-state index in [-0.39, 0.29) is 32.5 Å². The van der Waals surface area contributed by atoms with Crippen molar-refractivity contribution in [1.82, 2.24) is 29.9 Å². The summed E-state index contributed by atoms with van der Waals surface area (Å²) in [4.78, 5) is 31.0. The van der Waals surface area contributed by atoms with Crippen LogP contribution in [0.5, 0.6) is 0 Å². The molecule has 0 saturated heterocycles. The van der Waals surface area contributed by atoms with Gasteiger partial charge in [0.1, 0.15) is 33.5 Å². The molecule has 3 aliphatic rings. The van der Waals surface area contributed by atoms with Gasteiger partial charge in [0.2, 0.25) is 0 Å². The van der Waals surface area contributed by atoms with Gasteiger partial charge in [0, 0.05) is 104 Å². The summed E-state index contributed by atoms with van der Waals surface area (Å²) in [5, 5.41) is 16.0. The molecule has 0 aliphatic heterocycles. The Morgan fingerprint density at radius 1 is 0.193 bits per heavy atom. The van der Waals surface area contributed by atoms with Crippen LogP contribution in [0.25, 0.3) is 232 Å². The van der Waals surface area contributed by atoms with Crippen LogP contribution in [0.4, 0.5) is 0 Å². The van der Waals surface area contributed by atoms with Gasteiger partial charge in [0.25, 0.3) is 0 Å². The van der Waals surface area contributed by atoms with Crippen LogP contribution in [0.1, 0.15) is 116 Å². The Bertz CT molecular complexity index is 9120. The van der Waals surface area contributed by atoms with Gasteiger partial charge in [0.15, 0.2) is 11.6 Å². The largest absolute Gasteiger partial charge is 0.456 e. The molecule has 0 bridgehead atoms. The lowest BCUT2D eigenvalue weighted by atomic mass is 9.54. The Hall–Kier alpha value is -15.8. The van der Waals surface area contributed by atoms with E-state index in [9.17, 15) is 0 Å². The van der Waals surface area contributed by atoms with Crippen molar-refractivity contribution >= 4 is 131 Å². The highest BCUT2D eigenvalue weighted by Crippen LogP contribution is 2.62. The minimum atomic E-state index is -0.228. The van der Waals surface area contributed by atoms with E-state index < -0.39 is 0 Å². The minimum absolute atomic E-state index is 0.0416. The van der Waals surface area contributed by atoms with Crippen LogP contribution in [0.15, 0.2) is 377 Å². The van der Waals surface area contributed by atoms with Gasteiger partial charge >= 0.3 is 0 Å². The molecule has 0 atom stereocenters. The van der Waals surface area contributed by atoms with Crippen molar-refractivity contribution in [3.8, 4) is 101 Å². The molecule has 6 aromatic heterocycles. The summed E-state index contributed by atoms with van der Waals surface area (Å²) in [6, 6.07) is 129. The molecule has 3 aliphatic carbocycles. The first-order chi connectivity index (χ1) is 65.5. The molecule has 648 valence electrons. The molecule has 27 rings (SSSR count). The lowest BCUT2D eigenvalue weighted by Gasteiger charge is -2.49. The second kappa shape index (κ2) is 29.8. The maximum Gasteiger partial charge on any atom is 0.161 e. The van der Waals surface area contributed by atoms with Crippen LogP contribution in [0.2, 0.25) is 0 Å². The molecule has 0 radical (unpaired) electrons. The molecule has 6 heterocycles. The maximum atomic E-state index is 6.79. The van der Waals surface area contributed by atoms with Crippen LogP contribution < -0.4 is 0 Å². The summed E-state index contributed by atoms with van der Waals surface area (Å²) in [6.07, 6.45) is 0. The number of para-hydroxylation sites is 4. The van der Waals surface area contributed by atoms with Gasteiger partial charge < -0.3 is 13.3 Å². The summed E-state index contributed by atoms with van der Waals surface area (Å²) in [5.74, 6) is 1.42. The Morgan fingerprint density at radius 2 is 0.637 bits per heavy atom. The normalized spacial score (nSPS) is 15.0. The second-order valence-corrected chi connectivity index (χ2v) is 40.2. The zero-order valence-electron chi connectivity index (χ0n) is 77.5. The highest BCUT2D eigenvalue weighted by atomic mass is 16.3. The molecule has 0 fully saturated rings. The van der Waals surface area contributed by atoms with Crippen LogP contribution in [0, 0.1) is 0 Å². The van der Waals surface area contributed by atoms with E-state index in [0.29, 0.717) is 11.6 Å². The fourth-order valence-corrected chi connectivity index (χ4v) is 22.7. The van der Waals surface area contributed by atoms with Crippen molar-refractivity contribution in [2.75, 3.05) is 0 Å². The number of furan rings is 3. The first-order valence-corrected chi connectivity index (χ1v) is 47.0. The third-order valence-electron chi connectivity index (χ3n) is 31.8. The summed E-state index contributed by atoms with van der Waals surface area (Å²) in [6.45, 7) is 28.5. The highest BCUT2D eigenvalue weighted by molar-refractivity contribution is 6.25. The van der Waals surface area contributed by atoms with Crippen molar-refractivity contribution in [1.29, 1.82) is 0 Å². The van der Waals surface area contributed by atoms with Gasteiger partial charge in [-0.1, -0.05) is 368 Å². The van der Waals surface area contributed by atoms with E-state index in [1.165, 1.54) is 99.1 Å². The molecular formula is C126H96N6O3. The van der Waals surface area contributed by atoms with E-state index in [1.807, 2.05) is 54.6 Å². The molecule has 0 N–H and O–H groups in total. The Kier molecular flexibility index (Phi) is 17.9. The molecule has 9 nitrogen and oxygen atoms in total. The van der Waals surface area contributed by atoms with Gasteiger partial charge in [-0.3, -0.25) is 0 Å². The monoisotopic (exact) mass is 1740 g/mol. The molecule has 0 amide bonds. The zero-order valence-corrected chi connectivity index (χ0v) is 77.5. The summed E-state index contributed by atoms with van der Waals surface area (Å²) in [7, 11) is 0. The smallest absolute Gasteiger partial charge is 0.161 e. The van der Waals surface area contributed by atoms with Gasteiger partial charge in [0.05, 0.1) is 44.8 Å². The first kappa shape index (κ1) is 81.2. The molecule has 135 heavy (non-hydrogen) atoms. The van der Waals surface area contributed by atoms with E-state index in [2.05, 4.69) is 392 Å². The minimum Gasteiger partial charge on any atom is -0.456 e. The maximum absolute atomic E-state index is 6.79. The lowest BCUT2D eigenvalue weighted by Crippen LogP contribution is -2.43. The average Bonchev–Trinajstić information content (AvgIpc) is 1.66. The van der Waals surface area contributed by atoms with E-state index in [4.69, 9.17) is 43.2 Å². The SMILES string of the molecule is CC1(C)c2cc(-c3nc4ccccc4nc3-c3ccccc3)ccc2-c2ccc3c(oc4ccc5ccccc5c43)c2C1(C)C.CC1(C)c2ccccc2-c2c(c3ccccc3c3oc4ccc(-c5nc(-c6ccccc6)c6ccccc6n5)cc4c23)C1(C)C.CC1(C)c2ccccc2-c2cc3c(cc2C1(C)C)oc1c2ccccc2c(-c2nc(-c4ccccc4)c4ccccc4n2)cc31. The van der Waals surface area contributed by atoms with E-state index >= 15 is 0 Å². The van der Waals surface area contributed by atoms with Gasteiger partial charge in [-0.25, -0.2) is 29.9 Å². The van der Waals surface area contributed by atoms with Gasteiger partial charge in [-0.05, 0) is 183 Å². The average molecular weight is 1740 g/mol. The van der Waals surface area contributed by atoms with Crippen molar-refractivity contribution in [2.45, 2.75) is 116 Å². The quantitative estimate of drug-likeness (QED) is 0.160. The second-order valence-electron chi connectivity index (χ2n) is 40.2. The van der Waals surface area contributed by atoms with Gasteiger partial charge in [-0.15, -0.1) is 0 Å². The summed E-state index contributed by atoms with van der Waals surface area (Å²) in [5.41, 5.74) is 34.1. The predicted molar refractivity (Wildman–Crippen MR) is 560 cm³/mol. The van der Waals surface area contributed by atoms with E-state index in [1.54, 1.807) is 0 Å². The Morgan fingerprint density at radius 3 is 1.30 bits per heavy atom. The van der Waals surface area contributed by atoms with Crippen molar-refractivity contribution in [3.63, 3.8) is 0 Å². The van der Waals surface area contributed by atoms with Gasteiger partial charge in [-0.2, -0.15) is 0 Å². The highest BCUT2D eigenvalue weighted by Gasteiger charge is 2.51. The number of hydrogen-bond donors (Lipinski definition) is 0. The van der Waals surface area contributed by atoms with Crippen LogP contribution >= 0.6 is 0 Å². The summed E-state index contributed by atoms with van der Waals surface area (Å²) < 4.78 is 20.4. The molecule has 0 unspecified atom stereocenters. The number of rotatable bonds is 6. The van der Waals surface area contributed by atoms with Crippen molar-refractivity contribution < 1.29 is 13.3 Å².